The zero-order valence-electron chi connectivity index (χ0n) is 11.9. The second kappa shape index (κ2) is 5.55. The van der Waals surface area contributed by atoms with Crippen LogP contribution in [0.2, 0.25) is 0 Å². The summed E-state index contributed by atoms with van der Waals surface area (Å²) >= 11 is 3.55. The van der Waals surface area contributed by atoms with Crippen molar-refractivity contribution in [1.82, 2.24) is 4.98 Å². The Kier molecular flexibility index (Phi) is 4.21. The van der Waals surface area contributed by atoms with Gasteiger partial charge in [0, 0.05) is 27.1 Å². The van der Waals surface area contributed by atoms with Gasteiger partial charge in [-0.1, -0.05) is 26.8 Å². The van der Waals surface area contributed by atoms with Crippen LogP contribution >= 0.6 is 23.1 Å². The molecule has 0 aliphatic carbocycles. The van der Waals surface area contributed by atoms with Gasteiger partial charge < -0.3 is 5.73 Å². The first kappa shape index (κ1) is 14.4. The molecule has 0 bridgehead atoms. The smallest absolute Gasteiger partial charge is 0.0982 e. The highest BCUT2D eigenvalue weighted by Crippen LogP contribution is 2.30. The minimum absolute atomic E-state index is 0.140. The molecule has 0 saturated heterocycles. The van der Waals surface area contributed by atoms with Gasteiger partial charge in [-0.3, -0.25) is 0 Å². The third kappa shape index (κ3) is 3.74. The number of nitrogens with two attached hydrogens (primary N) is 1. The molecule has 2 rings (SSSR count). The third-order valence-corrected chi connectivity index (χ3v) is 5.29. The second-order valence-corrected chi connectivity index (χ2v) is 7.58. The quantitative estimate of drug-likeness (QED) is 0.662. The molecule has 0 amide bonds. The van der Waals surface area contributed by atoms with Crippen LogP contribution in [0.4, 0.5) is 5.69 Å². The second-order valence-electron chi connectivity index (χ2n) is 5.71. The van der Waals surface area contributed by atoms with Gasteiger partial charge in [0.25, 0.3) is 0 Å². The van der Waals surface area contributed by atoms with Crippen LogP contribution in [0, 0.1) is 6.92 Å². The monoisotopic (exact) mass is 292 g/mol. The van der Waals surface area contributed by atoms with Crippen LogP contribution in [-0.4, -0.2) is 4.98 Å². The number of aryl methyl sites for hydroxylation is 1. The van der Waals surface area contributed by atoms with Crippen LogP contribution < -0.4 is 5.73 Å². The Bertz CT molecular complexity index is 568. The largest absolute Gasteiger partial charge is 0.399 e. The molecule has 1 heterocycles. The molecule has 0 aliphatic rings. The highest BCUT2D eigenvalue weighted by molar-refractivity contribution is 7.98. The molecule has 2 N–H and O–H groups in total. The lowest BCUT2D eigenvalue weighted by Crippen LogP contribution is -2.10. The van der Waals surface area contributed by atoms with Gasteiger partial charge in [-0.25, -0.2) is 4.98 Å². The predicted octanol–water partition coefficient (Wildman–Crippen LogP) is 4.62. The molecular weight excluding hydrogens is 272 g/mol. The molecule has 0 atom stereocenters. The molecule has 0 unspecified atom stereocenters. The van der Waals surface area contributed by atoms with E-state index in [2.05, 4.69) is 39.1 Å². The van der Waals surface area contributed by atoms with Crippen LogP contribution in [-0.2, 0) is 11.2 Å². The Morgan fingerprint density at radius 1 is 1.32 bits per heavy atom. The Labute approximate surface area is 123 Å². The molecule has 1 aromatic heterocycles. The van der Waals surface area contributed by atoms with Gasteiger partial charge in [-0.2, -0.15) is 0 Å². The van der Waals surface area contributed by atoms with Crippen LogP contribution in [0.15, 0.2) is 28.5 Å². The van der Waals surface area contributed by atoms with E-state index in [0.717, 1.165) is 17.1 Å². The minimum atomic E-state index is 0.140. The number of nitrogens with zero attached hydrogens (tertiary/aromatic N) is 1. The maximum atomic E-state index is 5.83. The van der Waals surface area contributed by atoms with E-state index in [9.17, 15) is 0 Å². The van der Waals surface area contributed by atoms with E-state index in [1.54, 1.807) is 23.1 Å². The molecule has 0 fully saturated rings. The van der Waals surface area contributed by atoms with Gasteiger partial charge in [-0.05, 0) is 24.6 Å². The molecule has 19 heavy (non-hydrogen) atoms. The van der Waals surface area contributed by atoms with Gasteiger partial charge in [-0.15, -0.1) is 23.1 Å². The molecule has 102 valence electrons. The zero-order chi connectivity index (χ0) is 14.0. The predicted molar refractivity (Wildman–Crippen MR) is 86.0 cm³/mol. The van der Waals surface area contributed by atoms with Gasteiger partial charge in [0.2, 0.25) is 0 Å². The van der Waals surface area contributed by atoms with Gasteiger partial charge >= 0.3 is 0 Å². The molecule has 1 aromatic carbocycles. The SMILES string of the molecule is Cc1ccc(N)cc1SCc1csc(C(C)(C)C)n1. The average Bonchev–Trinajstić information content (AvgIpc) is 2.79. The standard InChI is InChI=1S/C15H20N2S2/c1-10-5-6-11(16)7-13(10)18-8-12-9-19-14(17-12)15(2,3)4/h5-7,9H,8,16H2,1-4H3. The number of hydrogen-bond donors (Lipinski definition) is 1. The molecular formula is C15H20N2S2. The number of aromatic nitrogens is 1. The normalized spacial score (nSPS) is 11.8. The molecule has 2 aromatic rings. The summed E-state index contributed by atoms with van der Waals surface area (Å²) in [6, 6.07) is 6.05. The molecule has 0 radical (unpaired) electrons. The fourth-order valence-electron chi connectivity index (χ4n) is 1.64. The number of nitrogen functional groups attached to an aromatic ring is 1. The van der Waals surface area contributed by atoms with Gasteiger partial charge in [0.1, 0.15) is 0 Å². The summed E-state index contributed by atoms with van der Waals surface area (Å²) in [6.45, 7) is 8.71. The van der Waals surface area contributed by atoms with E-state index in [0.29, 0.717) is 0 Å². The Balaban J connectivity index is 2.06. The lowest BCUT2D eigenvalue weighted by Gasteiger charge is -2.13. The summed E-state index contributed by atoms with van der Waals surface area (Å²) in [5.74, 6) is 0.900. The Hall–Kier alpha value is -1.00. The number of hydrogen-bond acceptors (Lipinski definition) is 4. The Morgan fingerprint density at radius 3 is 2.68 bits per heavy atom. The first-order valence-electron chi connectivity index (χ1n) is 6.30. The first-order chi connectivity index (χ1) is 8.86. The molecule has 0 spiro atoms. The van der Waals surface area contributed by atoms with Crippen molar-refractivity contribution in [3.8, 4) is 0 Å². The third-order valence-electron chi connectivity index (χ3n) is 2.78. The summed E-state index contributed by atoms with van der Waals surface area (Å²) in [4.78, 5) is 5.96. The van der Waals surface area contributed by atoms with Crippen LogP contribution in [0.1, 0.15) is 37.0 Å². The van der Waals surface area contributed by atoms with Gasteiger partial charge in [0.05, 0.1) is 10.7 Å². The average molecular weight is 292 g/mol. The van der Waals surface area contributed by atoms with Crippen molar-refractivity contribution in [2.24, 2.45) is 0 Å². The van der Waals surface area contributed by atoms with E-state index in [1.165, 1.54) is 15.5 Å². The zero-order valence-corrected chi connectivity index (χ0v) is 13.5. The number of rotatable bonds is 3. The lowest BCUT2D eigenvalue weighted by atomic mass is 9.98. The summed E-state index contributed by atoms with van der Waals surface area (Å²) in [5.41, 5.74) is 9.21. The number of thiazole rings is 1. The van der Waals surface area contributed by atoms with E-state index >= 15 is 0 Å². The minimum Gasteiger partial charge on any atom is -0.399 e. The highest BCUT2D eigenvalue weighted by atomic mass is 32.2. The Morgan fingerprint density at radius 2 is 2.05 bits per heavy atom. The van der Waals surface area contributed by atoms with E-state index in [4.69, 9.17) is 10.7 Å². The lowest BCUT2D eigenvalue weighted by molar-refractivity contribution is 0.584. The first-order valence-corrected chi connectivity index (χ1v) is 8.16. The van der Waals surface area contributed by atoms with Crippen LogP contribution in [0.3, 0.4) is 0 Å². The number of thioether (sulfide) groups is 1. The summed E-state index contributed by atoms with van der Waals surface area (Å²) in [5, 5.41) is 3.36. The van der Waals surface area contributed by atoms with Crippen molar-refractivity contribution in [3.63, 3.8) is 0 Å². The topological polar surface area (TPSA) is 38.9 Å². The number of anilines is 1. The molecule has 0 saturated carbocycles. The molecule has 0 aliphatic heterocycles. The molecule has 2 nitrogen and oxygen atoms in total. The highest BCUT2D eigenvalue weighted by Gasteiger charge is 2.17. The molecule has 4 heteroatoms. The van der Waals surface area contributed by atoms with Crippen molar-refractivity contribution in [2.45, 2.75) is 43.8 Å². The maximum absolute atomic E-state index is 5.83. The summed E-state index contributed by atoms with van der Waals surface area (Å²) in [6.07, 6.45) is 0. The van der Waals surface area contributed by atoms with Crippen molar-refractivity contribution in [2.75, 3.05) is 5.73 Å². The maximum Gasteiger partial charge on any atom is 0.0982 e. The summed E-state index contributed by atoms with van der Waals surface area (Å²) < 4.78 is 0. The van der Waals surface area contributed by atoms with E-state index in [1.807, 2.05) is 12.1 Å². The van der Waals surface area contributed by atoms with Crippen molar-refractivity contribution in [1.29, 1.82) is 0 Å². The fraction of sp³-hybridized carbons (Fsp3) is 0.400. The van der Waals surface area contributed by atoms with Crippen molar-refractivity contribution in [3.05, 3.63) is 39.8 Å². The van der Waals surface area contributed by atoms with Crippen LogP contribution in [0.5, 0.6) is 0 Å². The van der Waals surface area contributed by atoms with Crippen LogP contribution in [0.25, 0.3) is 0 Å². The summed E-state index contributed by atoms with van der Waals surface area (Å²) in [7, 11) is 0. The number of benzene rings is 1. The van der Waals surface area contributed by atoms with E-state index in [-0.39, 0.29) is 5.41 Å². The van der Waals surface area contributed by atoms with Crippen molar-refractivity contribution < 1.29 is 0 Å². The van der Waals surface area contributed by atoms with Gasteiger partial charge in [0.15, 0.2) is 0 Å². The van der Waals surface area contributed by atoms with E-state index < -0.39 is 0 Å². The fourth-order valence-corrected chi connectivity index (χ4v) is 3.62. The van der Waals surface area contributed by atoms with Crippen molar-refractivity contribution >= 4 is 28.8 Å².